The van der Waals surface area contributed by atoms with Crippen LogP contribution in [-0.2, 0) is 4.79 Å². The fourth-order valence-electron chi connectivity index (χ4n) is 5.16. The molecule has 0 heterocycles. The van der Waals surface area contributed by atoms with Crippen molar-refractivity contribution in [2.75, 3.05) is 4.90 Å². The molecular formula is C42H34N2O2. The van der Waals surface area contributed by atoms with E-state index in [1.54, 1.807) is 18.2 Å². The summed E-state index contributed by atoms with van der Waals surface area (Å²) in [5.74, 6) is -1.24. The van der Waals surface area contributed by atoms with Crippen LogP contribution < -0.4 is 4.90 Å². The molecule has 0 saturated carbocycles. The van der Waals surface area contributed by atoms with Gasteiger partial charge in [0.15, 0.2) is 0 Å². The van der Waals surface area contributed by atoms with Gasteiger partial charge in [0.1, 0.15) is 11.6 Å². The summed E-state index contributed by atoms with van der Waals surface area (Å²) in [7, 11) is 0. The minimum absolute atomic E-state index is 0.301. The Bertz CT molecular complexity index is 1880. The lowest BCUT2D eigenvalue weighted by Crippen LogP contribution is -2.09. The summed E-state index contributed by atoms with van der Waals surface area (Å²) in [5.41, 5.74) is 10.7. The molecule has 224 valence electrons. The lowest BCUT2D eigenvalue weighted by molar-refractivity contribution is -0.132. The molecule has 0 unspecified atom stereocenters. The van der Waals surface area contributed by atoms with E-state index in [1.807, 2.05) is 50.3 Å². The number of aliphatic carboxylic acids is 1. The number of carboxylic acid groups (broad SMARTS) is 1. The second-order valence-corrected chi connectivity index (χ2v) is 10.6. The fraction of sp³-hybridized carbons (Fsp3) is 0.0476. The van der Waals surface area contributed by atoms with Crippen molar-refractivity contribution in [3.8, 4) is 28.3 Å². The number of nitrogens with zero attached hydrogens (tertiary/aromatic N) is 2. The second kappa shape index (κ2) is 15.0. The van der Waals surface area contributed by atoms with Crippen LogP contribution in [0.2, 0.25) is 0 Å². The molecule has 0 aliphatic heterocycles. The summed E-state index contributed by atoms with van der Waals surface area (Å²) >= 11 is 0. The molecule has 1 N–H and O–H groups in total. The number of benzene rings is 5. The summed E-state index contributed by atoms with van der Waals surface area (Å²) in [6.45, 7) is 4.05. The van der Waals surface area contributed by atoms with E-state index in [1.165, 1.54) is 17.2 Å². The van der Waals surface area contributed by atoms with Gasteiger partial charge >= 0.3 is 5.97 Å². The average molecular weight is 599 g/mol. The first kappa shape index (κ1) is 31.3. The predicted molar refractivity (Wildman–Crippen MR) is 192 cm³/mol. The van der Waals surface area contributed by atoms with E-state index in [2.05, 4.69) is 114 Å². The minimum atomic E-state index is -1.24. The van der Waals surface area contributed by atoms with E-state index >= 15 is 0 Å². The largest absolute Gasteiger partial charge is 0.477 e. The van der Waals surface area contributed by atoms with Gasteiger partial charge in [-0.2, -0.15) is 5.26 Å². The zero-order chi connectivity index (χ0) is 32.3. The van der Waals surface area contributed by atoms with Gasteiger partial charge in [-0.3, -0.25) is 0 Å². The van der Waals surface area contributed by atoms with Crippen molar-refractivity contribution in [1.82, 2.24) is 0 Å². The number of hydrogen-bond acceptors (Lipinski definition) is 3. The molecule has 5 aromatic carbocycles. The van der Waals surface area contributed by atoms with E-state index < -0.39 is 5.97 Å². The number of rotatable bonds is 10. The van der Waals surface area contributed by atoms with Crippen LogP contribution in [0.1, 0.15) is 30.5 Å². The molecule has 0 fully saturated rings. The second-order valence-electron chi connectivity index (χ2n) is 10.6. The van der Waals surface area contributed by atoms with Crippen LogP contribution in [0.5, 0.6) is 0 Å². The lowest BCUT2D eigenvalue weighted by Gasteiger charge is -2.26. The van der Waals surface area contributed by atoms with E-state index in [-0.39, 0.29) is 5.57 Å². The molecular weight excluding hydrogens is 564 g/mol. The summed E-state index contributed by atoms with van der Waals surface area (Å²) < 4.78 is 0. The summed E-state index contributed by atoms with van der Waals surface area (Å²) in [5, 5.41) is 17.8. The number of hydrogen-bond donors (Lipinski definition) is 1. The monoisotopic (exact) mass is 598 g/mol. The van der Waals surface area contributed by atoms with Crippen molar-refractivity contribution in [1.29, 1.82) is 5.26 Å². The van der Waals surface area contributed by atoms with Gasteiger partial charge in [0, 0.05) is 17.1 Å². The van der Waals surface area contributed by atoms with Crippen LogP contribution in [0.15, 0.2) is 151 Å². The van der Waals surface area contributed by atoms with Crippen molar-refractivity contribution in [3.63, 3.8) is 0 Å². The molecule has 0 radical (unpaired) electrons. The van der Waals surface area contributed by atoms with E-state index in [9.17, 15) is 4.79 Å². The maximum Gasteiger partial charge on any atom is 0.346 e. The minimum Gasteiger partial charge on any atom is -0.477 e. The quantitative estimate of drug-likeness (QED) is 0.0987. The van der Waals surface area contributed by atoms with Gasteiger partial charge in [-0.05, 0) is 95.3 Å². The molecule has 46 heavy (non-hydrogen) atoms. The van der Waals surface area contributed by atoms with Crippen molar-refractivity contribution in [2.24, 2.45) is 0 Å². The first-order valence-corrected chi connectivity index (χ1v) is 15.1. The summed E-state index contributed by atoms with van der Waals surface area (Å²) in [4.78, 5) is 13.2. The van der Waals surface area contributed by atoms with Gasteiger partial charge in [-0.15, -0.1) is 0 Å². The Morgan fingerprint density at radius 3 is 1.26 bits per heavy atom. The molecule has 0 atom stereocenters. The van der Waals surface area contributed by atoms with E-state index in [0.717, 1.165) is 44.9 Å². The molecule has 4 heteroatoms. The van der Waals surface area contributed by atoms with Crippen LogP contribution in [0.3, 0.4) is 0 Å². The van der Waals surface area contributed by atoms with Gasteiger partial charge in [-0.25, -0.2) is 4.79 Å². The van der Waals surface area contributed by atoms with Crippen LogP contribution in [0.4, 0.5) is 17.1 Å². The zero-order valence-electron chi connectivity index (χ0n) is 25.8. The van der Waals surface area contributed by atoms with Crippen LogP contribution in [-0.4, -0.2) is 11.1 Å². The van der Waals surface area contributed by atoms with Crippen molar-refractivity contribution in [2.45, 2.75) is 13.8 Å². The van der Waals surface area contributed by atoms with E-state index in [0.29, 0.717) is 0 Å². The van der Waals surface area contributed by atoms with Crippen LogP contribution in [0, 0.1) is 11.3 Å². The van der Waals surface area contributed by atoms with Crippen LogP contribution in [0.25, 0.3) is 40.5 Å². The fourth-order valence-corrected chi connectivity index (χ4v) is 5.16. The predicted octanol–water partition coefficient (Wildman–Crippen LogP) is 11.1. The molecule has 0 saturated heterocycles. The van der Waals surface area contributed by atoms with Gasteiger partial charge in [0.05, 0.1) is 0 Å². The number of anilines is 3. The average Bonchev–Trinajstić information content (AvgIpc) is 3.09. The molecule has 5 rings (SSSR count). The Balaban J connectivity index is 1.35. The van der Waals surface area contributed by atoms with Gasteiger partial charge in [0.2, 0.25) is 0 Å². The highest BCUT2D eigenvalue weighted by Gasteiger charge is 2.13. The molecule has 4 nitrogen and oxygen atoms in total. The number of carboxylic acids is 1. The van der Waals surface area contributed by atoms with Crippen molar-refractivity contribution >= 4 is 41.3 Å². The lowest BCUT2D eigenvalue weighted by atomic mass is 9.99. The van der Waals surface area contributed by atoms with Crippen molar-refractivity contribution < 1.29 is 9.90 Å². The van der Waals surface area contributed by atoms with Gasteiger partial charge in [-0.1, -0.05) is 121 Å². The topological polar surface area (TPSA) is 64.3 Å². The van der Waals surface area contributed by atoms with Gasteiger partial charge < -0.3 is 10.0 Å². The maximum atomic E-state index is 11.0. The Kier molecular flexibility index (Phi) is 10.2. The Morgan fingerprint density at radius 2 is 0.891 bits per heavy atom. The van der Waals surface area contributed by atoms with Crippen LogP contribution >= 0.6 is 0 Å². The summed E-state index contributed by atoms with van der Waals surface area (Å²) in [6.07, 6.45) is 12.9. The highest BCUT2D eigenvalue weighted by atomic mass is 16.4. The number of allylic oxidation sites excluding steroid dienone is 4. The van der Waals surface area contributed by atoms with Gasteiger partial charge in [0.25, 0.3) is 0 Å². The third kappa shape index (κ3) is 7.66. The van der Waals surface area contributed by atoms with E-state index in [4.69, 9.17) is 10.4 Å². The number of carbonyl (C=O) groups is 1. The maximum absolute atomic E-state index is 11.0. The normalized spacial score (nSPS) is 11.7. The summed E-state index contributed by atoms with van der Waals surface area (Å²) in [6, 6.07) is 44.0. The zero-order valence-corrected chi connectivity index (χ0v) is 25.8. The first-order valence-electron chi connectivity index (χ1n) is 15.1. The third-order valence-corrected chi connectivity index (χ3v) is 7.51. The Labute approximate surface area is 270 Å². The molecule has 0 bridgehead atoms. The Hall–Kier alpha value is -6.18. The smallest absolute Gasteiger partial charge is 0.346 e. The number of nitriles is 1. The highest BCUT2D eigenvalue weighted by molar-refractivity contribution is 5.91. The highest BCUT2D eigenvalue weighted by Crippen LogP contribution is 2.36. The molecule has 5 aromatic rings. The standard InChI is InChI=1S/C42H34N2O2/c1-3-6-31-12-24-39(25-13-31)44(40-26-14-32(7-4-2)15-27-40)41-28-22-37(23-29-41)36-20-18-35(19-21-36)34-16-10-33(11-17-34)8-5-9-38(30-43)42(45)46/h3-29H,1-2H3,(H,45,46)/b6-3-,7-4-,8-5+,38-9-. The third-order valence-electron chi connectivity index (χ3n) is 7.51. The molecule has 0 amide bonds. The molecule has 0 spiro atoms. The molecule has 0 aliphatic carbocycles. The molecule has 0 aliphatic rings. The van der Waals surface area contributed by atoms with Crippen molar-refractivity contribution in [3.05, 3.63) is 168 Å². The first-order chi connectivity index (χ1) is 22.5. The molecule has 0 aromatic heterocycles. The Morgan fingerprint density at radius 1 is 0.565 bits per heavy atom. The SMILES string of the molecule is C/C=C\c1ccc(N(c2ccc(/C=C\C)cc2)c2ccc(-c3ccc(-c4ccc(/C=C/C=C(/C#N)C(=O)O)cc4)cc3)cc2)cc1.